The molecule has 0 aromatic carbocycles. The molecule has 1 unspecified atom stereocenters. The van der Waals surface area contributed by atoms with Crippen LogP contribution in [0.4, 0.5) is 0 Å². The molecular weight excluding hydrogens is 170 g/mol. The SMILES string of the molecule is C=C(CC)/C(=C\NCC(C)CC)CC. The van der Waals surface area contributed by atoms with Gasteiger partial charge >= 0.3 is 0 Å². The van der Waals surface area contributed by atoms with Crippen LogP contribution in [0.25, 0.3) is 0 Å². The smallest absolute Gasteiger partial charge is 0.0167 e. The van der Waals surface area contributed by atoms with Gasteiger partial charge in [0.15, 0.2) is 0 Å². The fourth-order valence-electron chi connectivity index (χ4n) is 1.21. The van der Waals surface area contributed by atoms with Crippen LogP contribution in [0.3, 0.4) is 0 Å². The van der Waals surface area contributed by atoms with Crippen LogP contribution in [-0.4, -0.2) is 6.54 Å². The Morgan fingerprint density at radius 3 is 2.36 bits per heavy atom. The summed E-state index contributed by atoms with van der Waals surface area (Å²) < 4.78 is 0. The lowest BCUT2D eigenvalue weighted by Gasteiger charge is -2.11. The summed E-state index contributed by atoms with van der Waals surface area (Å²) in [7, 11) is 0. The fraction of sp³-hybridized carbons (Fsp3) is 0.692. The molecule has 1 nitrogen and oxygen atoms in total. The molecule has 0 aliphatic rings. The van der Waals surface area contributed by atoms with Gasteiger partial charge in [0.25, 0.3) is 0 Å². The van der Waals surface area contributed by atoms with Gasteiger partial charge in [-0.2, -0.15) is 0 Å². The lowest BCUT2D eigenvalue weighted by atomic mass is 10.0. The maximum Gasteiger partial charge on any atom is 0.0167 e. The van der Waals surface area contributed by atoms with Crippen molar-refractivity contribution in [2.75, 3.05) is 6.54 Å². The van der Waals surface area contributed by atoms with E-state index in [0.717, 1.165) is 25.3 Å². The van der Waals surface area contributed by atoms with E-state index in [9.17, 15) is 0 Å². The highest BCUT2D eigenvalue weighted by Crippen LogP contribution is 2.13. The predicted octanol–water partition coefficient (Wildman–Crippen LogP) is 3.88. The van der Waals surface area contributed by atoms with Crippen LogP contribution in [-0.2, 0) is 0 Å². The number of rotatable bonds is 7. The third kappa shape index (κ3) is 5.11. The Bertz CT molecular complexity index is 191. The lowest BCUT2D eigenvalue weighted by molar-refractivity contribution is 0.538. The van der Waals surface area contributed by atoms with E-state index in [1.54, 1.807) is 0 Å². The monoisotopic (exact) mass is 195 g/mol. The zero-order valence-electron chi connectivity index (χ0n) is 10.2. The second-order valence-corrected chi connectivity index (χ2v) is 3.90. The van der Waals surface area contributed by atoms with E-state index in [2.05, 4.69) is 45.8 Å². The molecule has 0 saturated carbocycles. The summed E-state index contributed by atoms with van der Waals surface area (Å²) in [5.74, 6) is 0.749. The summed E-state index contributed by atoms with van der Waals surface area (Å²) >= 11 is 0. The molecule has 0 rings (SSSR count). The summed E-state index contributed by atoms with van der Waals surface area (Å²) in [4.78, 5) is 0. The third-order valence-corrected chi connectivity index (χ3v) is 2.70. The normalized spacial score (nSPS) is 13.9. The van der Waals surface area contributed by atoms with E-state index < -0.39 is 0 Å². The number of hydrogen-bond acceptors (Lipinski definition) is 1. The Hall–Kier alpha value is -0.720. The summed E-state index contributed by atoms with van der Waals surface area (Å²) in [6, 6.07) is 0. The van der Waals surface area contributed by atoms with Crippen molar-refractivity contribution in [1.82, 2.24) is 5.32 Å². The summed E-state index contributed by atoms with van der Waals surface area (Å²) in [6.07, 6.45) is 5.49. The van der Waals surface area contributed by atoms with Crippen molar-refractivity contribution in [2.24, 2.45) is 5.92 Å². The summed E-state index contributed by atoms with van der Waals surface area (Å²) in [5, 5.41) is 3.38. The van der Waals surface area contributed by atoms with Gasteiger partial charge in [-0.15, -0.1) is 0 Å². The van der Waals surface area contributed by atoms with E-state index in [1.807, 2.05) is 0 Å². The Morgan fingerprint density at radius 1 is 1.29 bits per heavy atom. The molecule has 14 heavy (non-hydrogen) atoms. The number of hydrogen-bond donors (Lipinski definition) is 1. The molecule has 0 spiro atoms. The highest BCUT2D eigenvalue weighted by Gasteiger charge is 1.99. The van der Waals surface area contributed by atoms with Crippen LogP contribution < -0.4 is 5.32 Å². The molecule has 0 heterocycles. The van der Waals surface area contributed by atoms with Crippen LogP contribution >= 0.6 is 0 Å². The minimum atomic E-state index is 0.749. The highest BCUT2D eigenvalue weighted by atomic mass is 14.8. The van der Waals surface area contributed by atoms with Crippen LogP contribution in [0.1, 0.15) is 47.0 Å². The molecular formula is C13H25N. The van der Waals surface area contributed by atoms with Crippen LogP contribution in [0.15, 0.2) is 23.9 Å². The minimum Gasteiger partial charge on any atom is -0.390 e. The van der Waals surface area contributed by atoms with E-state index in [-0.39, 0.29) is 0 Å². The van der Waals surface area contributed by atoms with Crippen molar-refractivity contribution in [3.05, 3.63) is 23.9 Å². The molecule has 0 amide bonds. The van der Waals surface area contributed by atoms with Crippen molar-refractivity contribution in [1.29, 1.82) is 0 Å². The molecule has 1 N–H and O–H groups in total. The molecule has 0 fully saturated rings. The number of nitrogens with one attached hydrogen (secondary N) is 1. The van der Waals surface area contributed by atoms with Crippen LogP contribution in [0.2, 0.25) is 0 Å². The van der Waals surface area contributed by atoms with Crippen molar-refractivity contribution < 1.29 is 0 Å². The molecule has 0 aromatic heterocycles. The maximum absolute atomic E-state index is 4.05. The Balaban J connectivity index is 3.99. The quantitative estimate of drug-likeness (QED) is 0.608. The van der Waals surface area contributed by atoms with Gasteiger partial charge in [0.2, 0.25) is 0 Å². The summed E-state index contributed by atoms with van der Waals surface area (Å²) in [5.41, 5.74) is 2.61. The number of allylic oxidation sites excluding steroid dienone is 2. The Kier molecular flexibility index (Phi) is 7.27. The fourth-order valence-corrected chi connectivity index (χ4v) is 1.21. The van der Waals surface area contributed by atoms with E-state index >= 15 is 0 Å². The van der Waals surface area contributed by atoms with Gasteiger partial charge in [-0.25, -0.2) is 0 Å². The largest absolute Gasteiger partial charge is 0.390 e. The maximum atomic E-state index is 4.05. The van der Waals surface area contributed by atoms with E-state index in [1.165, 1.54) is 17.6 Å². The van der Waals surface area contributed by atoms with Crippen molar-refractivity contribution in [3.8, 4) is 0 Å². The zero-order chi connectivity index (χ0) is 11.0. The van der Waals surface area contributed by atoms with E-state index in [4.69, 9.17) is 0 Å². The van der Waals surface area contributed by atoms with Crippen LogP contribution in [0.5, 0.6) is 0 Å². The topological polar surface area (TPSA) is 12.0 Å². The van der Waals surface area contributed by atoms with E-state index in [0.29, 0.717) is 0 Å². The first-order valence-electron chi connectivity index (χ1n) is 5.76. The molecule has 0 bridgehead atoms. The highest BCUT2D eigenvalue weighted by molar-refractivity contribution is 5.26. The molecule has 82 valence electrons. The first-order chi connectivity index (χ1) is 6.65. The zero-order valence-corrected chi connectivity index (χ0v) is 10.2. The lowest BCUT2D eigenvalue weighted by Crippen LogP contribution is -2.15. The van der Waals surface area contributed by atoms with Gasteiger partial charge < -0.3 is 5.32 Å². The molecule has 1 heteroatoms. The van der Waals surface area contributed by atoms with Crippen molar-refractivity contribution in [2.45, 2.75) is 47.0 Å². The second-order valence-electron chi connectivity index (χ2n) is 3.90. The molecule has 0 aliphatic heterocycles. The van der Waals surface area contributed by atoms with Gasteiger partial charge in [-0.1, -0.05) is 46.3 Å². The summed E-state index contributed by atoms with van der Waals surface area (Å²) in [6.45, 7) is 13.9. The molecule has 0 aromatic rings. The van der Waals surface area contributed by atoms with Gasteiger partial charge in [0, 0.05) is 6.54 Å². The Morgan fingerprint density at radius 2 is 1.93 bits per heavy atom. The third-order valence-electron chi connectivity index (χ3n) is 2.70. The first kappa shape index (κ1) is 13.3. The first-order valence-corrected chi connectivity index (χ1v) is 5.76. The molecule has 0 radical (unpaired) electrons. The van der Waals surface area contributed by atoms with Crippen molar-refractivity contribution in [3.63, 3.8) is 0 Å². The van der Waals surface area contributed by atoms with Gasteiger partial charge in [-0.3, -0.25) is 0 Å². The average Bonchev–Trinajstić information content (AvgIpc) is 2.22. The molecule has 0 aliphatic carbocycles. The van der Waals surface area contributed by atoms with Crippen molar-refractivity contribution >= 4 is 0 Å². The second kappa shape index (κ2) is 7.66. The van der Waals surface area contributed by atoms with Crippen LogP contribution in [0, 0.1) is 5.92 Å². The van der Waals surface area contributed by atoms with Gasteiger partial charge in [0.1, 0.15) is 0 Å². The van der Waals surface area contributed by atoms with Gasteiger partial charge in [0.05, 0.1) is 0 Å². The average molecular weight is 195 g/mol. The van der Waals surface area contributed by atoms with Gasteiger partial charge in [-0.05, 0) is 30.5 Å². The molecule has 0 saturated heterocycles. The Labute approximate surface area is 89.3 Å². The predicted molar refractivity (Wildman–Crippen MR) is 65.3 cm³/mol. The minimum absolute atomic E-state index is 0.749. The standard InChI is InChI=1S/C13H25N/c1-6-11(4)9-14-10-13(8-3)12(5)7-2/h10-11,14H,5-9H2,1-4H3/b13-10-. The molecule has 1 atom stereocenters.